The van der Waals surface area contributed by atoms with Crippen LogP contribution >= 0.6 is 0 Å². The molecule has 0 aromatic carbocycles. The monoisotopic (exact) mass is 274 g/mol. The fourth-order valence-electron chi connectivity index (χ4n) is 3.04. The zero-order chi connectivity index (χ0) is 13.8. The predicted molar refractivity (Wildman–Crippen MR) is 64.5 cm³/mol. The maximum absolute atomic E-state index is 9.41. The van der Waals surface area contributed by atoms with Gasteiger partial charge in [0.1, 0.15) is 30.5 Å². The Labute approximate surface area is 112 Å². The summed E-state index contributed by atoms with van der Waals surface area (Å²) in [5, 5.41) is 9.41. The number of fused-ring (bicyclic) bond motifs is 1. The molecule has 0 spiro atoms. The minimum absolute atomic E-state index is 0.0892. The highest BCUT2D eigenvalue weighted by Crippen LogP contribution is 2.41. The van der Waals surface area contributed by atoms with Gasteiger partial charge in [0.2, 0.25) is 0 Å². The Morgan fingerprint density at radius 3 is 2.21 bits per heavy atom. The number of hydrogen-bond donors (Lipinski definition) is 1. The zero-order valence-electron chi connectivity index (χ0n) is 11.8. The summed E-state index contributed by atoms with van der Waals surface area (Å²) in [5.74, 6) is -1.25. The minimum atomic E-state index is -0.653. The van der Waals surface area contributed by atoms with Crippen LogP contribution in [0, 0.1) is 0 Å². The van der Waals surface area contributed by atoms with Crippen LogP contribution in [0.3, 0.4) is 0 Å². The molecular formula is C13H22O6. The standard InChI is InChI=1S/C13H22O6/c1-12(2)15-6-8(17-12)9-11-10(7(5-14)16-9)18-13(3,4)19-11/h7-11,14H,5-6H2,1-4H3/t7-,8?,9-,10-,11+/m1/s1. The molecule has 3 heterocycles. The number of hydrogen-bond acceptors (Lipinski definition) is 6. The average Bonchev–Trinajstić information content (AvgIpc) is 2.89. The van der Waals surface area contributed by atoms with E-state index in [1.165, 1.54) is 0 Å². The molecule has 19 heavy (non-hydrogen) atoms. The second kappa shape index (κ2) is 4.38. The molecule has 0 saturated carbocycles. The normalized spacial score (nSPS) is 47.5. The minimum Gasteiger partial charge on any atom is -0.394 e. The lowest BCUT2D eigenvalue weighted by atomic mass is 10.0. The lowest BCUT2D eigenvalue weighted by Gasteiger charge is -2.26. The van der Waals surface area contributed by atoms with Gasteiger partial charge in [-0.2, -0.15) is 0 Å². The van der Waals surface area contributed by atoms with Gasteiger partial charge in [-0.3, -0.25) is 0 Å². The van der Waals surface area contributed by atoms with E-state index in [2.05, 4.69) is 0 Å². The van der Waals surface area contributed by atoms with Gasteiger partial charge in [-0.15, -0.1) is 0 Å². The summed E-state index contributed by atoms with van der Waals surface area (Å²) in [6.45, 7) is 7.86. The molecule has 0 radical (unpaired) electrons. The molecule has 3 aliphatic heterocycles. The van der Waals surface area contributed by atoms with Gasteiger partial charge in [-0.1, -0.05) is 0 Å². The highest BCUT2D eigenvalue weighted by Gasteiger charge is 2.58. The Hall–Kier alpha value is -0.240. The van der Waals surface area contributed by atoms with Crippen molar-refractivity contribution in [3.05, 3.63) is 0 Å². The summed E-state index contributed by atoms with van der Waals surface area (Å²) >= 11 is 0. The Balaban J connectivity index is 1.76. The van der Waals surface area contributed by atoms with E-state index in [-0.39, 0.29) is 37.1 Å². The summed E-state index contributed by atoms with van der Waals surface area (Å²) in [6.07, 6.45) is -1.32. The van der Waals surface area contributed by atoms with Crippen molar-refractivity contribution in [3.63, 3.8) is 0 Å². The first-order valence-corrected chi connectivity index (χ1v) is 6.75. The molecular weight excluding hydrogens is 252 g/mol. The number of aliphatic hydroxyl groups excluding tert-OH is 1. The lowest BCUT2D eigenvalue weighted by Crippen LogP contribution is -2.40. The van der Waals surface area contributed by atoms with Crippen LogP contribution in [-0.2, 0) is 23.7 Å². The predicted octanol–water partition coefficient (Wildman–Crippen LogP) is 0.418. The molecule has 6 heteroatoms. The van der Waals surface area contributed by atoms with Gasteiger partial charge in [-0.25, -0.2) is 0 Å². The van der Waals surface area contributed by atoms with Crippen LogP contribution in [0.5, 0.6) is 0 Å². The van der Waals surface area contributed by atoms with Gasteiger partial charge in [0.15, 0.2) is 11.6 Å². The van der Waals surface area contributed by atoms with E-state index in [4.69, 9.17) is 23.7 Å². The third-order valence-electron chi connectivity index (χ3n) is 3.76. The topological polar surface area (TPSA) is 66.4 Å². The van der Waals surface area contributed by atoms with Crippen molar-refractivity contribution >= 4 is 0 Å². The fraction of sp³-hybridized carbons (Fsp3) is 1.00. The molecule has 1 N–H and O–H groups in total. The Morgan fingerprint density at radius 2 is 1.63 bits per heavy atom. The fourth-order valence-corrected chi connectivity index (χ4v) is 3.04. The highest BCUT2D eigenvalue weighted by atomic mass is 16.8. The summed E-state index contributed by atoms with van der Waals surface area (Å²) in [7, 11) is 0. The molecule has 3 aliphatic rings. The first-order chi connectivity index (χ1) is 8.81. The van der Waals surface area contributed by atoms with E-state index in [0.29, 0.717) is 6.61 Å². The van der Waals surface area contributed by atoms with E-state index < -0.39 is 11.6 Å². The quantitative estimate of drug-likeness (QED) is 0.787. The maximum Gasteiger partial charge on any atom is 0.164 e. The summed E-state index contributed by atoms with van der Waals surface area (Å²) in [6, 6.07) is 0. The van der Waals surface area contributed by atoms with Crippen molar-refractivity contribution in [2.45, 2.75) is 69.8 Å². The van der Waals surface area contributed by atoms with Gasteiger partial charge in [0, 0.05) is 0 Å². The Bertz CT molecular complexity index is 355. The second-order valence-corrected chi connectivity index (χ2v) is 6.25. The maximum atomic E-state index is 9.41. The molecule has 0 aromatic rings. The summed E-state index contributed by atoms with van der Waals surface area (Å²) in [5.41, 5.74) is 0. The first-order valence-electron chi connectivity index (χ1n) is 6.75. The molecule has 0 amide bonds. The number of aliphatic hydroxyl groups is 1. The first kappa shape index (κ1) is 13.7. The average molecular weight is 274 g/mol. The highest BCUT2D eigenvalue weighted by molar-refractivity contribution is 5.01. The van der Waals surface area contributed by atoms with Crippen LogP contribution in [0.4, 0.5) is 0 Å². The van der Waals surface area contributed by atoms with Crippen LogP contribution in [0.2, 0.25) is 0 Å². The van der Waals surface area contributed by atoms with Crippen LogP contribution in [0.15, 0.2) is 0 Å². The van der Waals surface area contributed by atoms with Gasteiger partial charge in [-0.05, 0) is 27.7 Å². The van der Waals surface area contributed by atoms with Crippen LogP contribution in [-0.4, -0.2) is 60.4 Å². The van der Waals surface area contributed by atoms with Gasteiger partial charge < -0.3 is 28.8 Å². The van der Waals surface area contributed by atoms with Crippen molar-refractivity contribution in [3.8, 4) is 0 Å². The van der Waals surface area contributed by atoms with Gasteiger partial charge in [0.05, 0.1) is 13.2 Å². The van der Waals surface area contributed by atoms with Gasteiger partial charge in [0.25, 0.3) is 0 Å². The van der Waals surface area contributed by atoms with Crippen LogP contribution in [0.1, 0.15) is 27.7 Å². The smallest absolute Gasteiger partial charge is 0.164 e. The van der Waals surface area contributed by atoms with Crippen molar-refractivity contribution < 1.29 is 28.8 Å². The van der Waals surface area contributed by atoms with Crippen LogP contribution < -0.4 is 0 Å². The van der Waals surface area contributed by atoms with Crippen LogP contribution in [0.25, 0.3) is 0 Å². The molecule has 3 fully saturated rings. The van der Waals surface area contributed by atoms with Gasteiger partial charge >= 0.3 is 0 Å². The van der Waals surface area contributed by atoms with Crippen molar-refractivity contribution in [2.75, 3.05) is 13.2 Å². The van der Waals surface area contributed by atoms with Crippen molar-refractivity contribution in [1.29, 1.82) is 0 Å². The third kappa shape index (κ3) is 2.41. The number of rotatable bonds is 2. The molecule has 5 atom stereocenters. The van der Waals surface area contributed by atoms with E-state index in [9.17, 15) is 5.11 Å². The molecule has 3 saturated heterocycles. The van der Waals surface area contributed by atoms with E-state index in [1.807, 2.05) is 27.7 Å². The second-order valence-electron chi connectivity index (χ2n) is 6.25. The SMILES string of the molecule is CC1(C)OCC([C@H]2O[C@H](CO)[C@H]3OC(C)(C)O[C@H]32)O1. The summed E-state index contributed by atoms with van der Waals surface area (Å²) < 4.78 is 29.0. The molecule has 0 aliphatic carbocycles. The Morgan fingerprint density at radius 1 is 0.947 bits per heavy atom. The molecule has 110 valence electrons. The zero-order valence-corrected chi connectivity index (χ0v) is 11.8. The number of ether oxygens (including phenoxy) is 5. The molecule has 6 nitrogen and oxygen atoms in total. The Kier molecular flexibility index (Phi) is 3.16. The largest absolute Gasteiger partial charge is 0.394 e. The molecule has 3 rings (SSSR count). The van der Waals surface area contributed by atoms with E-state index in [1.54, 1.807) is 0 Å². The molecule has 1 unspecified atom stereocenters. The lowest BCUT2D eigenvalue weighted by molar-refractivity contribution is -0.209. The van der Waals surface area contributed by atoms with Crippen molar-refractivity contribution in [2.24, 2.45) is 0 Å². The molecule has 0 bridgehead atoms. The third-order valence-corrected chi connectivity index (χ3v) is 3.76. The van der Waals surface area contributed by atoms with Crippen molar-refractivity contribution in [1.82, 2.24) is 0 Å². The molecule has 0 aromatic heterocycles. The summed E-state index contributed by atoms with van der Waals surface area (Å²) in [4.78, 5) is 0. The van der Waals surface area contributed by atoms with E-state index >= 15 is 0 Å². The van der Waals surface area contributed by atoms with E-state index in [0.717, 1.165) is 0 Å².